The minimum absolute atomic E-state index is 0.498. The summed E-state index contributed by atoms with van der Waals surface area (Å²) < 4.78 is 2.12. The number of aromatic amines is 1. The number of pyridine rings is 1. The first kappa shape index (κ1) is 18.9. The van der Waals surface area contributed by atoms with E-state index in [1.807, 2.05) is 48.8 Å². The molecule has 4 aromatic rings. The Hall–Kier alpha value is -3.05. The van der Waals surface area contributed by atoms with Gasteiger partial charge in [-0.2, -0.15) is 5.10 Å². The summed E-state index contributed by atoms with van der Waals surface area (Å²) >= 11 is 6.14. The van der Waals surface area contributed by atoms with E-state index in [1.165, 1.54) is 32.1 Å². The standard InChI is InChI=1S/C24H24ClN5/c25-19-6-4-5-16(11-19)22-9-10-23(29-22)21-12-17(13-27-24(21)26)18-14-28-30(15-18)20-7-2-1-3-8-20/h4-6,9-15,20,29H,1-3,7-8H2,(H2,26,27). The van der Waals surface area contributed by atoms with Crippen molar-refractivity contribution in [2.24, 2.45) is 0 Å². The molecule has 3 N–H and O–H groups in total. The lowest BCUT2D eigenvalue weighted by Crippen LogP contribution is -2.12. The molecule has 152 valence electrons. The Morgan fingerprint density at radius 3 is 2.60 bits per heavy atom. The molecule has 3 aromatic heterocycles. The Bertz CT molecular complexity index is 1170. The van der Waals surface area contributed by atoms with E-state index < -0.39 is 0 Å². The number of halogens is 1. The smallest absolute Gasteiger partial charge is 0.132 e. The predicted octanol–water partition coefficient (Wildman–Crippen LogP) is 6.35. The highest BCUT2D eigenvalue weighted by atomic mass is 35.5. The molecule has 1 aromatic carbocycles. The topological polar surface area (TPSA) is 72.5 Å². The first-order valence-corrected chi connectivity index (χ1v) is 10.8. The molecule has 0 atom stereocenters. The monoisotopic (exact) mass is 417 g/mol. The third kappa shape index (κ3) is 3.73. The largest absolute Gasteiger partial charge is 0.383 e. The van der Waals surface area contributed by atoms with Gasteiger partial charge in [0.15, 0.2) is 0 Å². The van der Waals surface area contributed by atoms with Gasteiger partial charge in [0.2, 0.25) is 0 Å². The molecule has 6 heteroatoms. The number of H-pyrrole nitrogens is 1. The van der Waals surface area contributed by atoms with E-state index in [4.69, 9.17) is 17.3 Å². The predicted molar refractivity (Wildman–Crippen MR) is 122 cm³/mol. The number of nitrogens with one attached hydrogen (secondary N) is 1. The van der Waals surface area contributed by atoms with E-state index in [2.05, 4.69) is 32.0 Å². The molecule has 0 amide bonds. The van der Waals surface area contributed by atoms with Gasteiger partial charge < -0.3 is 10.7 Å². The van der Waals surface area contributed by atoms with Gasteiger partial charge in [-0.15, -0.1) is 0 Å². The maximum absolute atomic E-state index is 6.22. The van der Waals surface area contributed by atoms with E-state index in [0.29, 0.717) is 16.9 Å². The molecule has 30 heavy (non-hydrogen) atoms. The van der Waals surface area contributed by atoms with Crippen LogP contribution in [0.3, 0.4) is 0 Å². The maximum Gasteiger partial charge on any atom is 0.132 e. The van der Waals surface area contributed by atoms with Gasteiger partial charge in [-0.1, -0.05) is 43.0 Å². The number of benzene rings is 1. The fraction of sp³-hybridized carbons (Fsp3) is 0.250. The van der Waals surface area contributed by atoms with Crippen LogP contribution < -0.4 is 5.73 Å². The highest BCUT2D eigenvalue weighted by Gasteiger charge is 2.17. The van der Waals surface area contributed by atoms with Crippen molar-refractivity contribution in [3.05, 3.63) is 66.1 Å². The summed E-state index contributed by atoms with van der Waals surface area (Å²) in [7, 11) is 0. The van der Waals surface area contributed by atoms with E-state index in [1.54, 1.807) is 0 Å². The fourth-order valence-corrected chi connectivity index (χ4v) is 4.45. The van der Waals surface area contributed by atoms with Crippen molar-refractivity contribution in [3.63, 3.8) is 0 Å². The van der Waals surface area contributed by atoms with Crippen molar-refractivity contribution in [3.8, 4) is 33.6 Å². The molecular weight excluding hydrogens is 394 g/mol. The normalized spacial score (nSPS) is 14.8. The Kier molecular flexibility index (Phi) is 5.05. The minimum atomic E-state index is 0.498. The minimum Gasteiger partial charge on any atom is -0.383 e. The van der Waals surface area contributed by atoms with Crippen LogP contribution in [0.2, 0.25) is 5.02 Å². The van der Waals surface area contributed by atoms with Gasteiger partial charge in [0.1, 0.15) is 5.82 Å². The zero-order chi connectivity index (χ0) is 20.5. The van der Waals surface area contributed by atoms with Crippen molar-refractivity contribution < 1.29 is 0 Å². The van der Waals surface area contributed by atoms with Crippen molar-refractivity contribution >= 4 is 17.4 Å². The summed E-state index contributed by atoms with van der Waals surface area (Å²) in [5.74, 6) is 0.498. The number of nitrogens with two attached hydrogens (primary N) is 1. The third-order valence-electron chi connectivity index (χ3n) is 5.91. The molecule has 1 saturated carbocycles. The lowest BCUT2D eigenvalue weighted by molar-refractivity contribution is 0.329. The van der Waals surface area contributed by atoms with Crippen LogP contribution in [0.4, 0.5) is 5.82 Å². The number of rotatable bonds is 4. The summed E-state index contributed by atoms with van der Waals surface area (Å²) in [4.78, 5) is 7.90. The van der Waals surface area contributed by atoms with E-state index in [9.17, 15) is 0 Å². The first-order chi connectivity index (χ1) is 14.7. The summed E-state index contributed by atoms with van der Waals surface area (Å²) in [5, 5.41) is 5.34. The summed E-state index contributed by atoms with van der Waals surface area (Å²) in [6.07, 6.45) is 12.2. The lowest BCUT2D eigenvalue weighted by Gasteiger charge is -2.21. The zero-order valence-corrected chi connectivity index (χ0v) is 17.4. The van der Waals surface area contributed by atoms with E-state index in [0.717, 1.165) is 33.6 Å². The summed E-state index contributed by atoms with van der Waals surface area (Å²) in [6.45, 7) is 0. The van der Waals surface area contributed by atoms with Gasteiger partial charge >= 0.3 is 0 Å². The van der Waals surface area contributed by atoms with Crippen molar-refractivity contribution in [1.29, 1.82) is 0 Å². The highest BCUT2D eigenvalue weighted by molar-refractivity contribution is 6.30. The van der Waals surface area contributed by atoms with Crippen LogP contribution in [-0.2, 0) is 0 Å². The van der Waals surface area contributed by atoms with Crippen LogP contribution in [0.1, 0.15) is 38.1 Å². The van der Waals surface area contributed by atoms with E-state index in [-0.39, 0.29) is 0 Å². The number of hydrogen-bond donors (Lipinski definition) is 2. The second-order valence-corrected chi connectivity index (χ2v) is 8.39. The zero-order valence-electron chi connectivity index (χ0n) is 16.7. The molecule has 5 rings (SSSR count). The van der Waals surface area contributed by atoms with E-state index >= 15 is 0 Å². The molecule has 0 saturated heterocycles. The molecule has 1 aliphatic rings. The molecular formula is C24H24ClN5. The van der Waals surface area contributed by atoms with Gasteiger partial charge in [-0.3, -0.25) is 4.68 Å². The molecule has 0 spiro atoms. The van der Waals surface area contributed by atoms with Crippen LogP contribution in [0.5, 0.6) is 0 Å². The lowest BCUT2D eigenvalue weighted by atomic mass is 9.96. The van der Waals surface area contributed by atoms with Gasteiger partial charge in [0, 0.05) is 45.5 Å². The Morgan fingerprint density at radius 2 is 1.77 bits per heavy atom. The Labute approximate surface area is 180 Å². The van der Waals surface area contributed by atoms with Crippen LogP contribution in [-0.4, -0.2) is 19.7 Å². The summed E-state index contributed by atoms with van der Waals surface area (Å²) in [6, 6.07) is 14.4. The second-order valence-electron chi connectivity index (χ2n) is 7.95. The number of hydrogen-bond acceptors (Lipinski definition) is 3. The molecule has 5 nitrogen and oxygen atoms in total. The molecule has 1 fully saturated rings. The Balaban J connectivity index is 1.45. The molecule has 1 aliphatic carbocycles. The number of aromatic nitrogens is 4. The van der Waals surface area contributed by atoms with Crippen molar-refractivity contribution in [2.45, 2.75) is 38.1 Å². The average Bonchev–Trinajstić information content (AvgIpc) is 3.45. The number of anilines is 1. The van der Waals surface area contributed by atoms with Gasteiger partial charge in [0.05, 0.1) is 12.2 Å². The molecule has 0 bridgehead atoms. The average molecular weight is 418 g/mol. The molecule has 0 aliphatic heterocycles. The first-order valence-electron chi connectivity index (χ1n) is 10.4. The second kappa shape index (κ2) is 8.00. The van der Waals surface area contributed by atoms with Crippen LogP contribution in [0, 0.1) is 0 Å². The number of nitrogen functional groups attached to an aromatic ring is 1. The van der Waals surface area contributed by atoms with Crippen LogP contribution in [0.25, 0.3) is 33.6 Å². The van der Waals surface area contributed by atoms with Crippen molar-refractivity contribution in [1.82, 2.24) is 19.7 Å². The number of nitrogens with zero attached hydrogens (tertiary/aromatic N) is 3. The van der Waals surface area contributed by atoms with Crippen LogP contribution >= 0.6 is 11.6 Å². The molecule has 0 radical (unpaired) electrons. The van der Waals surface area contributed by atoms with Gasteiger partial charge in [-0.05, 0) is 48.7 Å². The van der Waals surface area contributed by atoms with Gasteiger partial charge in [0.25, 0.3) is 0 Å². The maximum atomic E-state index is 6.22. The Morgan fingerprint density at radius 1 is 0.933 bits per heavy atom. The van der Waals surface area contributed by atoms with Crippen LogP contribution in [0.15, 0.2) is 61.1 Å². The summed E-state index contributed by atoms with van der Waals surface area (Å²) in [5.41, 5.74) is 12.1. The third-order valence-corrected chi connectivity index (χ3v) is 6.15. The molecule has 3 heterocycles. The van der Waals surface area contributed by atoms with Gasteiger partial charge in [-0.25, -0.2) is 4.98 Å². The highest BCUT2D eigenvalue weighted by Crippen LogP contribution is 2.33. The quantitative estimate of drug-likeness (QED) is 0.406. The fourth-order valence-electron chi connectivity index (χ4n) is 4.26. The van der Waals surface area contributed by atoms with Crippen molar-refractivity contribution in [2.75, 3.05) is 5.73 Å². The molecule has 0 unspecified atom stereocenters. The SMILES string of the molecule is Nc1ncc(-c2cnn(C3CCCCC3)c2)cc1-c1ccc(-c2cccc(Cl)c2)[nH]1.